The minimum Gasteiger partial charge on any atom is -0.497 e. The first-order chi connectivity index (χ1) is 12.5. The monoisotopic (exact) mass is 369 g/mol. The van der Waals surface area contributed by atoms with E-state index in [9.17, 15) is 4.79 Å². The van der Waals surface area contributed by atoms with E-state index in [2.05, 4.69) is 47.3 Å². The van der Waals surface area contributed by atoms with Crippen molar-refractivity contribution in [3.63, 3.8) is 0 Å². The predicted molar refractivity (Wildman–Crippen MR) is 106 cm³/mol. The number of carbonyl (C=O) groups is 1. The molecule has 0 aliphatic heterocycles. The number of nitrogens with zero attached hydrogens (tertiary/aromatic N) is 1. The van der Waals surface area contributed by atoms with Gasteiger partial charge in [0.15, 0.2) is 5.16 Å². The largest absolute Gasteiger partial charge is 0.497 e. The number of aromatic nitrogens is 2. The lowest BCUT2D eigenvalue weighted by Crippen LogP contribution is -2.28. The van der Waals surface area contributed by atoms with E-state index in [1.807, 2.05) is 25.1 Å². The Bertz CT molecular complexity index is 936. The highest BCUT2D eigenvalue weighted by Crippen LogP contribution is 2.23. The molecule has 2 N–H and O–H groups in total. The van der Waals surface area contributed by atoms with Gasteiger partial charge in [0, 0.05) is 6.07 Å². The fourth-order valence-corrected chi connectivity index (χ4v) is 3.39. The van der Waals surface area contributed by atoms with Crippen molar-refractivity contribution in [2.24, 2.45) is 0 Å². The number of H-pyrrole nitrogens is 1. The highest BCUT2D eigenvalue weighted by molar-refractivity contribution is 7.99. The van der Waals surface area contributed by atoms with Crippen molar-refractivity contribution in [1.29, 1.82) is 0 Å². The predicted octanol–water partition coefficient (Wildman–Crippen LogP) is 4.16. The molecular formula is C20H23N3O2S. The van der Waals surface area contributed by atoms with Crippen LogP contribution in [0.5, 0.6) is 5.75 Å². The number of benzene rings is 2. The van der Waals surface area contributed by atoms with E-state index in [0.29, 0.717) is 5.75 Å². The van der Waals surface area contributed by atoms with Gasteiger partial charge < -0.3 is 15.0 Å². The first-order valence-electron chi connectivity index (χ1n) is 8.49. The van der Waals surface area contributed by atoms with Gasteiger partial charge in [-0.1, -0.05) is 30.0 Å². The van der Waals surface area contributed by atoms with E-state index < -0.39 is 0 Å². The van der Waals surface area contributed by atoms with Crippen LogP contribution >= 0.6 is 11.8 Å². The number of fused-ring (bicyclic) bond motifs is 1. The van der Waals surface area contributed by atoms with Crippen molar-refractivity contribution in [3.05, 3.63) is 53.1 Å². The molecule has 0 spiro atoms. The van der Waals surface area contributed by atoms with Crippen LogP contribution in [-0.4, -0.2) is 28.7 Å². The number of rotatable bonds is 6. The summed E-state index contributed by atoms with van der Waals surface area (Å²) in [4.78, 5) is 20.0. The average molecular weight is 369 g/mol. The molecule has 3 aromatic rings. The van der Waals surface area contributed by atoms with Gasteiger partial charge in [-0.15, -0.1) is 0 Å². The number of hydrogen-bond donors (Lipinski definition) is 2. The van der Waals surface area contributed by atoms with Crippen LogP contribution in [0.3, 0.4) is 0 Å². The Morgan fingerprint density at radius 1 is 1.23 bits per heavy atom. The first-order valence-corrected chi connectivity index (χ1v) is 9.48. The number of imidazole rings is 1. The van der Waals surface area contributed by atoms with E-state index in [1.54, 1.807) is 7.11 Å². The van der Waals surface area contributed by atoms with Crippen molar-refractivity contribution in [2.45, 2.75) is 32.0 Å². The molecule has 1 amide bonds. The Morgan fingerprint density at radius 2 is 2.04 bits per heavy atom. The molecule has 136 valence electrons. The maximum Gasteiger partial charge on any atom is 0.230 e. The van der Waals surface area contributed by atoms with Gasteiger partial charge in [-0.25, -0.2) is 4.98 Å². The zero-order valence-corrected chi connectivity index (χ0v) is 16.2. The molecule has 2 aromatic carbocycles. The quantitative estimate of drug-likeness (QED) is 0.640. The van der Waals surface area contributed by atoms with Gasteiger partial charge in [0.25, 0.3) is 0 Å². The molecule has 0 aliphatic carbocycles. The number of carbonyl (C=O) groups excluding carboxylic acids is 1. The maximum absolute atomic E-state index is 12.3. The number of nitrogens with one attached hydrogen (secondary N) is 2. The van der Waals surface area contributed by atoms with Crippen LogP contribution in [0.1, 0.15) is 29.7 Å². The SMILES string of the molecule is COc1ccc2nc(SCC(=O)N[C@H](C)c3ccc(C)c(C)c3)[nH]c2c1. The van der Waals surface area contributed by atoms with Gasteiger partial charge >= 0.3 is 0 Å². The summed E-state index contributed by atoms with van der Waals surface area (Å²) in [5.41, 5.74) is 5.36. The zero-order valence-electron chi connectivity index (χ0n) is 15.4. The van der Waals surface area contributed by atoms with Gasteiger partial charge in [0.1, 0.15) is 5.75 Å². The second-order valence-electron chi connectivity index (χ2n) is 6.35. The number of methoxy groups -OCH3 is 1. The van der Waals surface area contributed by atoms with Crippen LogP contribution in [0, 0.1) is 13.8 Å². The second kappa shape index (κ2) is 7.83. The van der Waals surface area contributed by atoms with E-state index in [4.69, 9.17) is 4.74 Å². The van der Waals surface area contributed by atoms with Crippen LogP contribution in [0.25, 0.3) is 11.0 Å². The molecule has 0 saturated carbocycles. The summed E-state index contributed by atoms with van der Waals surface area (Å²) < 4.78 is 5.21. The lowest BCUT2D eigenvalue weighted by atomic mass is 10.0. The highest BCUT2D eigenvalue weighted by atomic mass is 32.2. The van der Waals surface area contributed by atoms with Gasteiger partial charge in [-0.3, -0.25) is 4.79 Å². The summed E-state index contributed by atoms with van der Waals surface area (Å²) in [6, 6.07) is 11.9. The highest BCUT2D eigenvalue weighted by Gasteiger charge is 2.12. The molecule has 6 heteroatoms. The van der Waals surface area contributed by atoms with Crippen LogP contribution in [0.2, 0.25) is 0 Å². The lowest BCUT2D eigenvalue weighted by Gasteiger charge is -2.15. The van der Waals surface area contributed by atoms with Crippen molar-refractivity contribution in [1.82, 2.24) is 15.3 Å². The second-order valence-corrected chi connectivity index (χ2v) is 7.31. The number of ether oxygens (including phenoxy) is 1. The average Bonchev–Trinajstić information content (AvgIpc) is 3.04. The van der Waals surface area contributed by atoms with E-state index in [-0.39, 0.29) is 11.9 Å². The number of thioether (sulfide) groups is 1. The van der Waals surface area contributed by atoms with Crippen molar-refractivity contribution >= 4 is 28.7 Å². The smallest absolute Gasteiger partial charge is 0.230 e. The summed E-state index contributed by atoms with van der Waals surface area (Å²) in [5, 5.41) is 3.77. The number of amides is 1. The fourth-order valence-electron chi connectivity index (χ4n) is 2.69. The summed E-state index contributed by atoms with van der Waals surface area (Å²) in [6.45, 7) is 6.17. The van der Waals surface area contributed by atoms with Gasteiger partial charge in [0.2, 0.25) is 5.91 Å². The summed E-state index contributed by atoms with van der Waals surface area (Å²) in [7, 11) is 1.63. The normalized spacial score (nSPS) is 12.2. The molecule has 0 aliphatic rings. The molecule has 1 aromatic heterocycles. The molecule has 3 rings (SSSR count). The third kappa shape index (κ3) is 4.19. The Hall–Kier alpha value is -2.47. The Balaban J connectivity index is 1.59. The van der Waals surface area contributed by atoms with Crippen LogP contribution in [0.15, 0.2) is 41.6 Å². The summed E-state index contributed by atoms with van der Waals surface area (Å²) in [5.74, 6) is 1.07. The van der Waals surface area contributed by atoms with Crippen LogP contribution in [-0.2, 0) is 4.79 Å². The Kier molecular flexibility index (Phi) is 5.52. The van der Waals surface area contributed by atoms with Gasteiger partial charge in [-0.05, 0) is 49.6 Å². The summed E-state index contributed by atoms with van der Waals surface area (Å²) in [6.07, 6.45) is 0. The van der Waals surface area contributed by atoms with Crippen molar-refractivity contribution < 1.29 is 9.53 Å². The molecule has 0 unspecified atom stereocenters. The van der Waals surface area contributed by atoms with Gasteiger partial charge in [-0.2, -0.15) is 0 Å². The van der Waals surface area contributed by atoms with E-state index in [1.165, 1.54) is 22.9 Å². The molecule has 0 fully saturated rings. The molecule has 1 heterocycles. The molecule has 0 radical (unpaired) electrons. The van der Waals surface area contributed by atoms with E-state index in [0.717, 1.165) is 27.5 Å². The standard InChI is InChI=1S/C20H23N3O2S/c1-12-5-6-15(9-13(12)2)14(3)21-19(24)11-26-20-22-17-8-7-16(25-4)10-18(17)23-20/h5-10,14H,11H2,1-4H3,(H,21,24)(H,22,23)/t14-/m1/s1. The number of hydrogen-bond acceptors (Lipinski definition) is 4. The summed E-state index contributed by atoms with van der Waals surface area (Å²) >= 11 is 1.39. The third-order valence-electron chi connectivity index (χ3n) is 4.42. The van der Waals surface area contributed by atoms with Gasteiger partial charge in [0.05, 0.1) is 29.9 Å². The zero-order chi connectivity index (χ0) is 18.7. The molecular weight excluding hydrogens is 346 g/mol. The molecule has 5 nitrogen and oxygen atoms in total. The Labute approximate surface area is 157 Å². The number of aryl methyl sites for hydroxylation is 2. The molecule has 1 atom stereocenters. The Morgan fingerprint density at radius 3 is 2.77 bits per heavy atom. The lowest BCUT2D eigenvalue weighted by molar-refractivity contribution is -0.119. The van der Waals surface area contributed by atoms with Crippen molar-refractivity contribution in [3.8, 4) is 5.75 Å². The topological polar surface area (TPSA) is 67.0 Å². The number of aromatic amines is 1. The van der Waals surface area contributed by atoms with Crippen LogP contribution in [0.4, 0.5) is 0 Å². The minimum atomic E-state index is -0.0256. The minimum absolute atomic E-state index is 0.0150. The third-order valence-corrected chi connectivity index (χ3v) is 5.29. The molecule has 0 bridgehead atoms. The maximum atomic E-state index is 12.3. The van der Waals surface area contributed by atoms with E-state index >= 15 is 0 Å². The van der Waals surface area contributed by atoms with Crippen molar-refractivity contribution in [2.75, 3.05) is 12.9 Å². The molecule has 26 heavy (non-hydrogen) atoms. The fraction of sp³-hybridized carbons (Fsp3) is 0.300. The first kappa shape index (κ1) is 18.3. The van der Waals surface area contributed by atoms with Crippen LogP contribution < -0.4 is 10.1 Å². The molecule has 0 saturated heterocycles.